The number of hydrogen-bond donors (Lipinski definition) is 1. The van der Waals surface area contributed by atoms with E-state index in [0.717, 1.165) is 11.1 Å². The second-order valence-electron chi connectivity index (χ2n) is 6.04. The van der Waals surface area contributed by atoms with E-state index in [1.54, 1.807) is 6.92 Å². The Balaban J connectivity index is 2.35. The summed E-state index contributed by atoms with van der Waals surface area (Å²) >= 11 is 3.41. The summed E-state index contributed by atoms with van der Waals surface area (Å²) in [6.45, 7) is 5.62. The Kier molecular flexibility index (Phi) is 6.35. The molecule has 0 unspecified atom stereocenters. The number of nitrogens with zero attached hydrogens (tertiary/aromatic N) is 2. The van der Waals surface area contributed by atoms with Crippen LogP contribution in [0.3, 0.4) is 0 Å². The van der Waals surface area contributed by atoms with Gasteiger partial charge in [-0.1, -0.05) is 6.07 Å². The van der Waals surface area contributed by atoms with Crippen LogP contribution >= 0.6 is 15.9 Å². The first-order chi connectivity index (χ1) is 12.3. The van der Waals surface area contributed by atoms with Crippen LogP contribution in [0.15, 0.2) is 27.5 Å². The SMILES string of the molecule is COCc1c(Br)c(C)n(CC(=O)Nc2ccc(C)c(C)c2)c(=O)c1C#N. The van der Waals surface area contributed by atoms with Gasteiger partial charge in [0.25, 0.3) is 5.56 Å². The van der Waals surface area contributed by atoms with E-state index < -0.39 is 5.56 Å². The monoisotopic (exact) mass is 417 g/mol. The third-order valence-corrected chi connectivity index (χ3v) is 5.29. The summed E-state index contributed by atoms with van der Waals surface area (Å²) in [5.74, 6) is -0.339. The number of rotatable bonds is 5. The fourth-order valence-corrected chi connectivity index (χ4v) is 3.14. The number of halogens is 1. The minimum absolute atomic E-state index is 0.0247. The number of benzene rings is 1. The molecule has 136 valence electrons. The minimum atomic E-state index is -0.504. The molecular formula is C19H20BrN3O3. The van der Waals surface area contributed by atoms with Crippen molar-refractivity contribution < 1.29 is 9.53 Å². The molecule has 0 radical (unpaired) electrons. The smallest absolute Gasteiger partial charge is 0.269 e. The number of carbonyl (C=O) groups is 1. The number of anilines is 1. The van der Waals surface area contributed by atoms with E-state index in [0.29, 0.717) is 21.4 Å². The average Bonchev–Trinajstić information content (AvgIpc) is 2.60. The van der Waals surface area contributed by atoms with Gasteiger partial charge >= 0.3 is 0 Å². The molecule has 1 aromatic heterocycles. The van der Waals surface area contributed by atoms with Crippen LogP contribution in [0, 0.1) is 32.1 Å². The Labute approximate surface area is 160 Å². The summed E-state index contributed by atoms with van der Waals surface area (Å²) in [4.78, 5) is 25.0. The molecule has 2 aromatic rings. The number of ether oxygens (including phenoxy) is 1. The molecule has 0 spiro atoms. The van der Waals surface area contributed by atoms with E-state index in [4.69, 9.17) is 4.74 Å². The van der Waals surface area contributed by atoms with Crippen LogP contribution in [0.4, 0.5) is 5.69 Å². The molecule has 0 bridgehead atoms. The molecule has 0 saturated carbocycles. The maximum atomic E-state index is 12.6. The van der Waals surface area contributed by atoms with Crippen molar-refractivity contribution in [2.24, 2.45) is 0 Å². The quantitative estimate of drug-likeness (QED) is 0.809. The van der Waals surface area contributed by atoms with Gasteiger partial charge in [-0.3, -0.25) is 9.59 Å². The molecule has 6 nitrogen and oxygen atoms in total. The van der Waals surface area contributed by atoms with Crippen molar-refractivity contribution in [1.82, 2.24) is 4.57 Å². The molecule has 0 aliphatic heterocycles. The lowest BCUT2D eigenvalue weighted by Crippen LogP contribution is -2.32. The van der Waals surface area contributed by atoms with E-state index in [9.17, 15) is 14.9 Å². The van der Waals surface area contributed by atoms with Crippen molar-refractivity contribution in [2.45, 2.75) is 33.9 Å². The maximum absolute atomic E-state index is 12.6. The van der Waals surface area contributed by atoms with Gasteiger partial charge < -0.3 is 14.6 Å². The van der Waals surface area contributed by atoms with Crippen molar-refractivity contribution in [2.75, 3.05) is 12.4 Å². The Bertz CT molecular complexity index is 958. The van der Waals surface area contributed by atoms with Crippen molar-refractivity contribution in [3.63, 3.8) is 0 Å². The molecule has 26 heavy (non-hydrogen) atoms. The molecule has 2 rings (SSSR count). The summed E-state index contributed by atoms with van der Waals surface area (Å²) in [6, 6.07) is 7.53. The van der Waals surface area contributed by atoms with Gasteiger partial charge in [0, 0.05) is 28.5 Å². The summed E-state index contributed by atoms with van der Waals surface area (Å²) in [7, 11) is 1.49. The third-order valence-electron chi connectivity index (χ3n) is 4.24. The predicted molar refractivity (Wildman–Crippen MR) is 103 cm³/mol. The molecule has 1 heterocycles. The van der Waals surface area contributed by atoms with Gasteiger partial charge in [-0.25, -0.2) is 0 Å². The maximum Gasteiger partial charge on any atom is 0.269 e. The number of carbonyl (C=O) groups excluding carboxylic acids is 1. The zero-order valence-electron chi connectivity index (χ0n) is 15.1. The van der Waals surface area contributed by atoms with Gasteiger partial charge in [0.05, 0.1) is 6.61 Å². The molecular weight excluding hydrogens is 398 g/mol. The fourth-order valence-electron chi connectivity index (χ4n) is 2.61. The molecule has 7 heteroatoms. The van der Waals surface area contributed by atoms with Crippen LogP contribution in [0.1, 0.15) is 27.9 Å². The zero-order chi connectivity index (χ0) is 19.4. The molecule has 1 N–H and O–H groups in total. The standard InChI is InChI=1S/C19H20BrN3O3/c1-11-5-6-14(7-12(11)2)22-17(24)9-23-13(3)18(20)16(10-26-4)15(8-21)19(23)25/h5-7H,9-10H2,1-4H3,(H,22,24). The zero-order valence-corrected chi connectivity index (χ0v) is 16.7. The highest BCUT2D eigenvalue weighted by Gasteiger charge is 2.19. The topological polar surface area (TPSA) is 84.1 Å². The van der Waals surface area contributed by atoms with Crippen molar-refractivity contribution in [3.8, 4) is 6.07 Å². The lowest BCUT2D eigenvalue weighted by Gasteiger charge is -2.16. The molecule has 1 aromatic carbocycles. The van der Waals surface area contributed by atoms with Crippen LogP contribution in [0.5, 0.6) is 0 Å². The van der Waals surface area contributed by atoms with Crippen molar-refractivity contribution in [3.05, 3.63) is 61.0 Å². The highest BCUT2D eigenvalue weighted by molar-refractivity contribution is 9.10. The largest absolute Gasteiger partial charge is 0.380 e. The Morgan fingerprint density at radius 2 is 2.00 bits per heavy atom. The first-order valence-corrected chi connectivity index (χ1v) is 8.77. The highest BCUT2D eigenvalue weighted by Crippen LogP contribution is 2.23. The van der Waals surface area contributed by atoms with Gasteiger partial charge in [-0.2, -0.15) is 5.26 Å². The van der Waals surface area contributed by atoms with Crippen LogP contribution in [0.2, 0.25) is 0 Å². The lowest BCUT2D eigenvalue weighted by molar-refractivity contribution is -0.116. The number of hydrogen-bond acceptors (Lipinski definition) is 4. The lowest BCUT2D eigenvalue weighted by atomic mass is 10.1. The van der Waals surface area contributed by atoms with Crippen LogP contribution in [-0.4, -0.2) is 17.6 Å². The summed E-state index contributed by atoms with van der Waals surface area (Å²) in [5.41, 5.74) is 3.39. The number of pyridine rings is 1. The van der Waals surface area contributed by atoms with Gasteiger partial charge in [-0.05, 0) is 60.0 Å². The number of amides is 1. The molecule has 0 aliphatic carbocycles. The second kappa shape index (κ2) is 8.30. The first kappa shape index (κ1) is 19.9. The number of aryl methyl sites for hydroxylation is 2. The van der Waals surface area contributed by atoms with Crippen molar-refractivity contribution >= 4 is 27.5 Å². The van der Waals surface area contributed by atoms with E-state index in [2.05, 4.69) is 21.2 Å². The van der Waals surface area contributed by atoms with E-state index in [-0.39, 0.29) is 24.6 Å². The number of methoxy groups -OCH3 is 1. The Hall–Kier alpha value is -2.43. The Morgan fingerprint density at radius 1 is 1.31 bits per heavy atom. The summed E-state index contributed by atoms with van der Waals surface area (Å²) < 4.78 is 6.96. The molecule has 0 aliphatic rings. The predicted octanol–water partition coefficient (Wildman–Crippen LogP) is 3.19. The minimum Gasteiger partial charge on any atom is -0.380 e. The summed E-state index contributed by atoms with van der Waals surface area (Å²) in [5, 5.41) is 12.1. The summed E-state index contributed by atoms with van der Waals surface area (Å²) in [6.07, 6.45) is 0. The molecule has 1 amide bonds. The number of aromatic nitrogens is 1. The number of nitrogens with one attached hydrogen (secondary N) is 1. The fraction of sp³-hybridized carbons (Fsp3) is 0.316. The van der Waals surface area contributed by atoms with E-state index in [1.807, 2.05) is 38.1 Å². The van der Waals surface area contributed by atoms with Crippen molar-refractivity contribution in [1.29, 1.82) is 5.26 Å². The first-order valence-electron chi connectivity index (χ1n) is 7.98. The third kappa shape index (κ3) is 4.03. The van der Waals surface area contributed by atoms with Gasteiger partial charge in [-0.15, -0.1) is 0 Å². The number of nitriles is 1. The van der Waals surface area contributed by atoms with Gasteiger partial charge in [0.15, 0.2) is 0 Å². The van der Waals surface area contributed by atoms with Crippen LogP contribution < -0.4 is 10.9 Å². The second-order valence-corrected chi connectivity index (χ2v) is 6.83. The van der Waals surface area contributed by atoms with Gasteiger partial charge in [0.1, 0.15) is 18.2 Å². The van der Waals surface area contributed by atoms with E-state index in [1.165, 1.54) is 11.7 Å². The van der Waals surface area contributed by atoms with E-state index >= 15 is 0 Å². The highest BCUT2D eigenvalue weighted by atomic mass is 79.9. The Morgan fingerprint density at radius 3 is 2.58 bits per heavy atom. The molecule has 0 atom stereocenters. The van der Waals surface area contributed by atoms with Crippen LogP contribution in [0.25, 0.3) is 0 Å². The molecule has 0 saturated heterocycles. The normalized spacial score (nSPS) is 10.5. The average molecular weight is 418 g/mol. The van der Waals surface area contributed by atoms with Crippen LogP contribution in [-0.2, 0) is 22.7 Å². The van der Waals surface area contributed by atoms with Gasteiger partial charge in [0.2, 0.25) is 5.91 Å². The molecule has 0 fully saturated rings.